The normalized spacial score (nSPS) is 33.1. The Bertz CT molecular complexity index is 783. The first-order valence-corrected chi connectivity index (χ1v) is 9.86. The van der Waals surface area contributed by atoms with E-state index in [9.17, 15) is 19.5 Å². The molecule has 0 heterocycles. The molecule has 0 bridgehead atoms. The lowest BCUT2D eigenvalue weighted by Crippen LogP contribution is -2.53. The van der Waals surface area contributed by atoms with Crippen LogP contribution in [-0.4, -0.2) is 28.7 Å². The van der Waals surface area contributed by atoms with E-state index in [0.717, 1.165) is 19.3 Å². The molecule has 3 rings (SSSR count). The van der Waals surface area contributed by atoms with Crippen molar-refractivity contribution in [3.8, 4) is 0 Å². The summed E-state index contributed by atoms with van der Waals surface area (Å²) in [4.78, 5) is 37.8. The minimum atomic E-state index is -0.696. The van der Waals surface area contributed by atoms with Gasteiger partial charge in [-0.05, 0) is 36.5 Å². The molecule has 0 spiro atoms. The van der Waals surface area contributed by atoms with Gasteiger partial charge in [-0.15, -0.1) is 0 Å². The van der Waals surface area contributed by atoms with Gasteiger partial charge >= 0.3 is 5.97 Å². The number of aliphatic hydroxyl groups is 1. The maximum Gasteiger partial charge on any atom is 0.303 e. The Morgan fingerprint density at radius 2 is 1.78 bits per heavy atom. The molecule has 3 aliphatic rings. The van der Waals surface area contributed by atoms with Crippen LogP contribution in [0.3, 0.4) is 0 Å². The van der Waals surface area contributed by atoms with E-state index in [-0.39, 0.29) is 28.6 Å². The van der Waals surface area contributed by atoms with Gasteiger partial charge in [0.2, 0.25) is 11.6 Å². The molecule has 1 fully saturated rings. The van der Waals surface area contributed by atoms with E-state index in [0.29, 0.717) is 17.6 Å². The maximum atomic E-state index is 13.2. The summed E-state index contributed by atoms with van der Waals surface area (Å²) in [7, 11) is 0. The lowest BCUT2D eigenvalue weighted by atomic mass is 9.48. The second kappa shape index (κ2) is 6.32. The Hall–Kier alpha value is -1.91. The molecule has 0 aliphatic heterocycles. The summed E-state index contributed by atoms with van der Waals surface area (Å²) in [6.45, 7) is 11.3. The number of aliphatic hydroxyl groups excluding tert-OH is 1. The van der Waals surface area contributed by atoms with Gasteiger partial charge < -0.3 is 9.84 Å². The summed E-state index contributed by atoms with van der Waals surface area (Å²) in [5, 5.41) is 11.0. The molecule has 0 amide bonds. The van der Waals surface area contributed by atoms with E-state index in [1.54, 1.807) is 13.8 Å². The molecule has 0 aromatic carbocycles. The van der Waals surface area contributed by atoms with E-state index in [1.807, 2.05) is 6.92 Å². The Balaban J connectivity index is 2.30. The van der Waals surface area contributed by atoms with Gasteiger partial charge in [0, 0.05) is 29.1 Å². The predicted molar refractivity (Wildman–Crippen MR) is 101 cm³/mol. The molecule has 5 heteroatoms. The number of hydrogen-bond acceptors (Lipinski definition) is 5. The SMILES string of the molecule is CC(=O)OC1CC2C(C)(C)CCC[C@]2(C)C2=C1C(O)=C(C(C)C)C(=O)C2=O. The first-order chi connectivity index (χ1) is 12.4. The van der Waals surface area contributed by atoms with Crippen molar-refractivity contribution in [3.05, 3.63) is 22.5 Å². The van der Waals surface area contributed by atoms with Crippen molar-refractivity contribution in [2.45, 2.75) is 73.3 Å². The third kappa shape index (κ3) is 2.86. The lowest BCUT2D eigenvalue weighted by Gasteiger charge is -2.56. The van der Waals surface area contributed by atoms with E-state index < -0.39 is 29.1 Å². The van der Waals surface area contributed by atoms with Crippen molar-refractivity contribution >= 4 is 17.5 Å². The predicted octanol–water partition coefficient (Wildman–Crippen LogP) is 4.07. The van der Waals surface area contributed by atoms with Crippen LogP contribution in [0.4, 0.5) is 0 Å². The van der Waals surface area contributed by atoms with Crippen LogP contribution in [0, 0.1) is 22.7 Å². The number of hydrogen-bond donors (Lipinski definition) is 1. The summed E-state index contributed by atoms with van der Waals surface area (Å²) >= 11 is 0. The summed E-state index contributed by atoms with van der Waals surface area (Å²) in [5.74, 6) is -1.96. The van der Waals surface area contributed by atoms with Gasteiger partial charge in [0.05, 0.1) is 0 Å². The smallest absolute Gasteiger partial charge is 0.303 e. The van der Waals surface area contributed by atoms with Gasteiger partial charge in [0.1, 0.15) is 11.9 Å². The van der Waals surface area contributed by atoms with Gasteiger partial charge in [-0.2, -0.15) is 0 Å². The van der Waals surface area contributed by atoms with Crippen LogP contribution >= 0.6 is 0 Å². The second-order valence-corrected chi connectivity index (χ2v) is 9.51. The average molecular weight is 374 g/mol. The third-order valence-electron chi connectivity index (χ3n) is 6.92. The molecule has 1 N–H and O–H groups in total. The molecule has 2 unspecified atom stereocenters. The van der Waals surface area contributed by atoms with E-state index in [2.05, 4.69) is 13.8 Å². The van der Waals surface area contributed by atoms with E-state index in [4.69, 9.17) is 4.74 Å². The highest BCUT2D eigenvalue weighted by Gasteiger charge is 2.58. The van der Waals surface area contributed by atoms with Crippen molar-refractivity contribution in [3.63, 3.8) is 0 Å². The van der Waals surface area contributed by atoms with Gasteiger partial charge in [-0.1, -0.05) is 41.0 Å². The highest BCUT2D eigenvalue weighted by molar-refractivity contribution is 6.50. The second-order valence-electron chi connectivity index (χ2n) is 9.51. The molecule has 0 aromatic rings. The summed E-state index contributed by atoms with van der Waals surface area (Å²) in [6, 6.07) is 0. The fraction of sp³-hybridized carbons (Fsp3) is 0.682. The Kier molecular flexibility index (Phi) is 4.64. The fourth-order valence-corrected chi connectivity index (χ4v) is 5.79. The van der Waals surface area contributed by atoms with Crippen LogP contribution in [0.5, 0.6) is 0 Å². The van der Waals surface area contributed by atoms with E-state index >= 15 is 0 Å². The zero-order valence-electron chi connectivity index (χ0n) is 17.1. The highest BCUT2D eigenvalue weighted by Crippen LogP contribution is 2.61. The third-order valence-corrected chi connectivity index (χ3v) is 6.92. The number of carbonyl (C=O) groups excluding carboxylic acids is 3. The summed E-state index contributed by atoms with van der Waals surface area (Å²) in [5.41, 5.74) is 0.328. The molecular formula is C22H30O5. The Morgan fingerprint density at radius 1 is 1.15 bits per heavy atom. The van der Waals surface area contributed by atoms with Crippen molar-refractivity contribution in [1.82, 2.24) is 0 Å². The molecular weight excluding hydrogens is 344 g/mol. The van der Waals surface area contributed by atoms with Crippen LogP contribution < -0.4 is 0 Å². The number of ether oxygens (including phenoxy) is 1. The molecule has 3 aliphatic carbocycles. The average Bonchev–Trinajstić information content (AvgIpc) is 2.52. The number of rotatable bonds is 2. The molecule has 3 atom stereocenters. The van der Waals surface area contributed by atoms with Gasteiger partial charge in [0.15, 0.2) is 0 Å². The molecule has 5 nitrogen and oxygen atoms in total. The number of esters is 1. The summed E-state index contributed by atoms with van der Waals surface area (Å²) < 4.78 is 5.58. The number of allylic oxidation sites excluding steroid dienone is 2. The van der Waals surface area contributed by atoms with Crippen LogP contribution in [-0.2, 0) is 19.1 Å². The Morgan fingerprint density at radius 3 is 2.33 bits per heavy atom. The van der Waals surface area contributed by atoms with Crippen LogP contribution in [0.15, 0.2) is 22.5 Å². The number of fused-ring (bicyclic) bond motifs is 2. The first kappa shape index (κ1) is 19.8. The quantitative estimate of drug-likeness (QED) is 0.448. The zero-order chi connectivity index (χ0) is 20.3. The molecule has 27 heavy (non-hydrogen) atoms. The number of ketones is 2. The van der Waals surface area contributed by atoms with Crippen LogP contribution in [0.25, 0.3) is 0 Å². The highest BCUT2D eigenvalue weighted by atomic mass is 16.5. The largest absolute Gasteiger partial charge is 0.507 e. The topological polar surface area (TPSA) is 80.7 Å². The number of carbonyl (C=O) groups is 3. The molecule has 1 saturated carbocycles. The van der Waals surface area contributed by atoms with Crippen LogP contribution in [0.2, 0.25) is 0 Å². The van der Waals surface area contributed by atoms with Crippen LogP contribution in [0.1, 0.15) is 67.2 Å². The van der Waals surface area contributed by atoms with E-state index in [1.165, 1.54) is 6.92 Å². The Labute approximate surface area is 160 Å². The van der Waals surface area contributed by atoms with Crippen molar-refractivity contribution in [2.24, 2.45) is 22.7 Å². The fourth-order valence-electron chi connectivity index (χ4n) is 5.79. The summed E-state index contributed by atoms with van der Waals surface area (Å²) in [6.07, 6.45) is 2.62. The van der Waals surface area contributed by atoms with Crippen molar-refractivity contribution in [1.29, 1.82) is 0 Å². The minimum Gasteiger partial charge on any atom is -0.507 e. The van der Waals surface area contributed by atoms with Crippen molar-refractivity contribution in [2.75, 3.05) is 0 Å². The van der Waals surface area contributed by atoms with Gasteiger partial charge in [-0.25, -0.2) is 0 Å². The lowest BCUT2D eigenvalue weighted by molar-refractivity contribution is -0.149. The molecule has 0 aromatic heterocycles. The number of Topliss-reactive ketones (excluding diaryl/α,β-unsaturated/α-hetero) is 2. The first-order valence-electron chi connectivity index (χ1n) is 9.86. The van der Waals surface area contributed by atoms with Crippen molar-refractivity contribution < 1.29 is 24.2 Å². The standard InChI is InChI=1S/C22H30O5/c1-11(2)15-18(24)16-13(27-12(3)23)10-14-21(4,5)8-7-9-22(14,6)17(16)20(26)19(15)25/h11,13-14,24H,7-10H2,1-6H3/t13?,14?,22-/m0/s1. The zero-order valence-corrected chi connectivity index (χ0v) is 17.1. The van der Waals surface area contributed by atoms with Gasteiger partial charge in [-0.3, -0.25) is 14.4 Å². The molecule has 0 saturated heterocycles. The van der Waals surface area contributed by atoms with Gasteiger partial charge in [0.25, 0.3) is 0 Å². The minimum absolute atomic E-state index is 0.0507. The molecule has 0 radical (unpaired) electrons. The monoisotopic (exact) mass is 374 g/mol. The maximum absolute atomic E-state index is 13.2. The molecule has 148 valence electrons.